The van der Waals surface area contributed by atoms with Crippen LogP contribution in [-0.2, 0) is 4.74 Å². The summed E-state index contributed by atoms with van der Waals surface area (Å²) in [5.74, 6) is 0. The molecule has 0 aliphatic rings. The van der Waals surface area contributed by atoms with Crippen LogP contribution in [-0.4, -0.2) is 35.6 Å². The third-order valence-electron chi connectivity index (χ3n) is 1.47. The van der Waals surface area contributed by atoms with Crippen molar-refractivity contribution in [3.63, 3.8) is 0 Å². The van der Waals surface area contributed by atoms with Crippen LogP contribution in [0.2, 0.25) is 0 Å². The van der Waals surface area contributed by atoms with Gasteiger partial charge < -0.3 is 14.9 Å². The van der Waals surface area contributed by atoms with Gasteiger partial charge in [-0.05, 0) is 19.4 Å². The van der Waals surface area contributed by atoms with Gasteiger partial charge in [0, 0.05) is 0 Å². The number of hydrogen-bond donors (Lipinski definition) is 2. The maximum atomic E-state index is 8.65. The summed E-state index contributed by atoms with van der Waals surface area (Å²) in [5, 5.41) is 17.3. The van der Waals surface area contributed by atoms with E-state index in [0.29, 0.717) is 5.57 Å². The lowest BCUT2D eigenvalue weighted by Gasteiger charge is -2.18. The Labute approximate surface area is 67.3 Å². The van der Waals surface area contributed by atoms with Crippen LogP contribution in [0.1, 0.15) is 13.8 Å². The van der Waals surface area contributed by atoms with Gasteiger partial charge in [-0.3, -0.25) is 0 Å². The quantitative estimate of drug-likeness (QED) is 0.569. The summed E-state index contributed by atoms with van der Waals surface area (Å²) >= 11 is 0. The Bertz CT molecular complexity index is 123. The maximum Gasteiger partial charge on any atom is 0.0785 e. The lowest BCUT2D eigenvalue weighted by Crippen LogP contribution is -2.22. The van der Waals surface area contributed by atoms with Gasteiger partial charge in [0.2, 0.25) is 0 Å². The van der Waals surface area contributed by atoms with Crippen molar-refractivity contribution in [2.45, 2.75) is 26.1 Å². The molecule has 0 rings (SSSR count). The Morgan fingerprint density at radius 1 is 1.45 bits per heavy atom. The fourth-order valence-electron chi connectivity index (χ4n) is 0.616. The van der Waals surface area contributed by atoms with Crippen LogP contribution in [0, 0.1) is 0 Å². The predicted octanol–water partition coefficient (Wildman–Crippen LogP) is 0.321. The number of rotatable bonds is 5. The SMILES string of the molecule is C=C(CO)[C@H](C)O[C@@H](C)CO. The third kappa shape index (κ3) is 4.14. The summed E-state index contributed by atoms with van der Waals surface area (Å²) in [6.45, 7) is 7.08. The molecule has 0 aliphatic heterocycles. The van der Waals surface area contributed by atoms with Gasteiger partial charge >= 0.3 is 0 Å². The first-order valence-electron chi connectivity index (χ1n) is 3.66. The summed E-state index contributed by atoms with van der Waals surface area (Å²) in [4.78, 5) is 0. The molecule has 0 aromatic rings. The Morgan fingerprint density at radius 3 is 2.36 bits per heavy atom. The van der Waals surface area contributed by atoms with E-state index in [1.807, 2.05) is 0 Å². The first-order chi connectivity index (χ1) is 5.11. The molecule has 2 N–H and O–H groups in total. The second-order valence-electron chi connectivity index (χ2n) is 2.59. The van der Waals surface area contributed by atoms with E-state index in [9.17, 15) is 0 Å². The zero-order chi connectivity index (χ0) is 8.85. The molecule has 3 heteroatoms. The molecule has 0 radical (unpaired) electrons. The molecule has 0 aromatic heterocycles. The number of ether oxygens (including phenoxy) is 1. The molecule has 0 aromatic carbocycles. The van der Waals surface area contributed by atoms with Crippen molar-refractivity contribution in [3.05, 3.63) is 12.2 Å². The van der Waals surface area contributed by atoms with Gasteiger partial charge in [-0.1, -0.05) is 6.58 Å². The molecule has 2 atom stereocenters. The van der Waals surface area contributed by atoms with Crippen LogP contribution in [0.3, 0.4) is 0 Å². The van der Waals surface area contributed by atoms with E-state index in [0.717, 1.165) is 0 Å². The Kier molecular flexibility index (Phi) is 5.11. The zero-order valence-electron chi connectivity index (χ0n) is 7.08. The van der Waals surface area contributed by atoms with Crippen molar-refractivity contribution >= 4 is 0 Å². The molecule has 0 bridgehead atoms. The molecule has 0 unspecified atom stereocenters. The molecule has 0 fully saturated rings. The number of aliphatic hydroxyl groups excluding tert-OH is 2. The summed E-state index contributed by atoms with van der Waals surface area (Å²) in [7, 11) is 0. The Morgan fingerprint density at radius 2 is 2.00 bits per heavy atom. The maximum absolute atomic E-state index is 8.65. The summed E-state index contributed by atoms with van der Waals surface area (Å²) in [6.07, 6.45) is -0.393. The minimum absolute atomic E-state index is 0.0109. The first-order valence-corrected chi connectivity index (χ1v) is 3.66. The van der Waals surface area contributed by atoms with Gasteiger partial charge in [0.15, 0.2) is 0 Å². The zero-order valence-corrected chi connectivity index (χ0v) is 7.08. The molecule has 0 saturated carbocycles. The molecule has 11 heavy (non-hydrogen) atoms. The summed E-state index contributed by atoms with van der Waals surface area (Å²) in [5.41, 5.74) is 0.630. The summed E-state index contributed by atoms with van der Waals surface area (Å²) < 4.78 is 5.24. The summed E-state index contributed by atoms with van der Waals surface area (Å²) in [6, 6.07) is 0. The lowest BCUT2D eigenvalue weighted by atomic mass is 10.2. The number of aliphatic hydroxyl groups is 2. The van der Waals surface area contributed by atoms with E-state index < -0.39 is 0 Å². The monoisotopic (exact) mass is 160 g/mol. The molecule has 0 heterocycles. The van der Waals surface area contributed by atoms with Gasteiger partial charge in [-0.15, -0.1) is 0 Å². The normalized spacial score (nSPS) is 16.0. The van der Waals surface area contributed by atoms with Gasteiger partial charge in [-0.25, -0.2) is 0 Å². The van der Waals surface area contributed by atoms with Gasteiger partial charge in [-0.2, -0.15) is 0 Å². The molecule has 3 nitrogen and oxygen atoms in total. The fraction of sp³-hybridized carbons (Fsp3) is 0.750. The molecule has 66 valence electrons. The minimum Gasteiger partial charge on any atom is -0.394 e. The van der Waals surface area contributed by atoms with Crippen LogP contribution in [0.15, 0.2) is 12.2 Å². The molecular weight excluding hydrogens is 144 g/mol. The van der Waals surface area contributed by atoms with E-state index in [4.69, 9.17) is 14.9 Å². The van der Waals surface area contributed by atoms with Crippen LogP contribution >= 0.6 is 0 Å². The standard InChI is InChI=1S/C8H16O3/c1-6(4-9)8(3)11-7(2)5-10/h7-10H,1,4-5H2,2-3H3/t7-,8-/m0/s1. The van der Waals surface area contributed by atoms with Crippen LogP contribution in [0.4, 0.5) is 0 Å². The molecule has 0 spiro atoms. The molecule has 0 aliphatic carbocycles. The highest BCUT2D eigenvalue weighted by molar-refractivity contribution is 5.00. The van der Waals surface area contributed by atoms with Crippen LogP contribution < -0.4 is 0 Å². The van der Waals surface area contributed by atoms with Crippen molar-refractivity contribution in [2.75, 3.05) is 13.2 Å². The highest BCUT2D eigenvalue weighted by Gasteiger charge is 2.09. The van der Waals surface area contributed by atoms with Crippen molar-refractivity contribution in [2.24, 2.45) is 0 Å². The van der Waals surface area contributed by atoms with E-state index >= 15 is 0 Å². The van der Waals surface area contributed by atoms with E-state index in [-0.39, 0.29) is 25.4 Å². The second kappa shape index (κ2) is 5.29. The largest absolute Gasteiger partial charge is 0.394 e. The van der Waals surface area contributed by atoms with Crippen molar-refractivity contribution in [1.29, 1.82) is 0 Å². The number of hydrogen-bond acceptors (Lipinski definition) is 3. The Balaban J connectivity index is 3.67. The average Bonchev–Trinajstić information content (AvgIpc) is 2.02. The molecule has 0 amide bonds. The second-order valence-corrected chi connectivity index (χ2v) is 2.59. The van der Waals surface area contributed by atoms with Crippen molar-refractivity contribution in [3.8, 4) is 0 Å². The van der Waals surface area contributed by atoms with E-state index in [1.165, 1.54) is 0 Å². The van der Waals surface area contributed by atoms with E-state index in [2.05, 4.69) is 6.58 Å². The van der Waals surface area contributed by atoms with E-state index in [1.54, 1.807) is 13.8 Å². The fourth-order valence-corrected chi connectivity index (χ4v) is 0.616. The Hall–Kier alpha value is -0.380. The highest BCUT2D eigenvalue weighted by atomic mass is 16.5. The lowest BCUT2D eigenvalue weighted by molar-refractivity contribution is -0.00796. The molecular formula is C8H16O3. The molecule has 0 saturated heterocycles. The van der Waals surface area contributed by atoms with Crippen LogP contribution in [0.5, 0.6) is 0 Å². The average molecular weight is 160 g/mol. The predicted molar refractivity (Wildman–Crippen MR) is 43.3 cm³/mol. The van der Waals surface area contributed by atoms with Gasteiger partial charge in [0.1, 0.15) is 0 Å². The topological polar surface area (TPSA) is 49.7 Å². The third-order valence-corrected chi connectivity index (χ3v) is 1.47. The van der Waals surface area contributed by atoms with Gasteiger partial charge in [0.05, 0.1) is 25.4 Å². The first kappa shape index (κ1) is 10.6. The van der Waals surface area contributed by atoms with Gasteiger partial charge in [0.25, 0.3) is 0 Å². The highest BCUT2D eigenvalue weighted by Crippen LogP contribution is 2.05. The van der Waals surface area contributed by atoms with Crippen molar-refractivity contribution < 1.29 is 14.9 Å². The smallest absolute Gasteiger partial charge is 0.0785 e. The van der Waals surface area contributed by atoms with Crippen molar-refractivity contribution in [1.82, 2.24) is 0 Å². The minimum atomic E-state index is -0.201. The van der Waals surface area contributed by atoms with Crippen LogP contribution in [0.25, 0.3) is 0 Å².